The molecule has 1 aliphatic heterocycles. The van der Waals surface area contributed by atoms with Crippen molar-refractivity contribution in [1.82, 2.24) is 14.9 Å². The number of nitrogens with one attached hydrogen (secondary N) is 1. The molecule has 168 valence electrons. The van der Waals surface area contributed by atoms with Gasteiger partial charge < -0.3 is 24.9 Å². The second kappa shape index (κ2) is 9.31. The number of ether oxygens (including phenoxy) is 2. The Morgan fingerprint density at radius 2 is 1.88 bits per heavy atom. The van der Waals surface area contributed by atoms with Crippen LogP contribution in [0.3, 0.4) is 0 Å². The van der Waals surface area contributed by atoms with E-state index in [1.54, 1.807) is 16.7 Å². The summed E-state index contributed by atoms with van der Waals surface area (Å²) in [5.41, 5.74) is 2.91. The van der Waals surface area contributed by atoms with E-state index in [1.165, 1.54) is 18.3 Å². The van der Waals surface area contributed by atoms with E-state index in [-0.39, 0.29) is 29.7 Å². The molecule has 0 saturated carbocycles. The van der Waals surface area contributed by atoms with Gasteiger partial charge in [0.15, 0.2) is 0 Å². The van der Waals surface area contributed by atoms with Crippen LogP contribution in [0.1, 0.15) is 18.9 Å². The molecular formula is C22H22F2N4O4. The van der Waals surface area contributed by atoms with E-state index in [0.29, 0.717) is 13.1 Å². The lowest BCUT2D eigenvalue weighted by Gasteiger charge is -2.31. The third-order valence-electron chi connectivity index (χ3n) is 5.35. The van der Waals surface area contributed by atoms with Crippen molar-refractivity contribution in [2.45, 2.75) is 45.2 Å². The molecule has 0 aliphatic carbocycles. The van der Waals surface area contributed by atoms with Gasteiger partial charge in [0.05, 0.1) is 6.04 Å². The van der Waals surface area contributed by atoms with Crippen molar-refractivity contribution in [3.05, 3.63) is 70.4 Å². The first kappa shape index (κ1) is 21.7. The van der Waals surface area contributed by atoms with Crippen molar-refractivity contribution in [3.8, 4) is 22.9 Å². The third-order valence-corrected chi connectivity index (χ3v) is 5.35. The Bertz CT molecular complexity index is 1070. The van der Waals surface area contributed by atoms with Crippen molar-refractivity contribution < 1.29 is 23.2 Å². The number of nitrogens with zero attached hydrogens (tertiary/aromatic N) is 3. The maximum Gasteiger partial charge on any atom is 0.414 e. The van der Waals surface area contributed by atoms with E-state index in [2.05, 4.69) is 15.0 Å². The van der Waals surface area contributed by atoms with Crippen LogP contribution in [0.25, 0.3) is 11.1 Å². The van der Waals surface area contributed by atoms with Crippen LogP contribution in [-0.4, -0.2) is 33.2 Å². The van der Waals surface area contributed by atoms with E-state index < -0.39 is 11.5 Å². The lowest BCUT2D eigenvalue weighted by molar-refractivity contribution is -0.389. The van der Waals surface area contributed by atoms with Crippen LogP contribution in [-0.2, 0) is 13.1 Å². The summed E-state index contributed by atoms with van der Waals surface area (Å²) < 4.78 is 36.4. The van der Waals surface area contributed by atoms with Crippen molar-refractivity contribution in [2.75, 3.05) is 0 Å². The fourth-order valence-electron chi connectivity index (χ4n) is 3.70. The Labute approximate surface area is 182 Å². The van der Waals surface area contributed by atoms with Gasteiger partial charge in [-0.15, -0.1) is 0 Å². The smallest absolute Gasteiger partial charge is 0.414 e. The van der Waals surface area contributed by atoms with Gasteiger partial charge in [0, 0.05) is 18.1 Å². The molecule has 1 aromatic heterocycles. The number of aromatic nitrogens is 2. The minimum atomic E-state index is -2.84. The number of rotatable bonds is 8. The van der Waals surface area contributed by atoms with Gasteiger partial charge in [-0.3, -0.25) is 4.57 Å². The molecule has 0 spiro atoms. The van der Waals surface area contributed by atoms with Crippen LogP contribution in [0.5, 0.6) is 11.8 Å². The summed E-state index contributed by atoms with van der Waals surface area (Å²) >= 11 is 0. The number of benzene rings is 2. The van der Waals surface area contributed by atoms with E-state index >= 15 is 0 Å². The molecule has 2 atom stereocenters. The van der Waals surface area contributed by atoms with Crippen LogP contribution in [0.4, 0.5) is 14.6 Å². The highest BCUT2D eigenvalue weighted by Crippen LogP contribution is 2.26. The largest absolute Gasteiger partial charge is 0.441 e. The van der Waals surface area contributed by atoms with Crippen molar-refractivity contribution in [3.63, 3.8) is 0 Å². The molecule has 4 rings (SSSR count). The minimum absolute atomic E-state index is 0.0247. The van der Waals surface area contributed by atoms with Crippen LogP contribution in [0, 0.1) is 10.1 Å². The molecule has 0 unspecified atom stereocenters. The Morgan fingerprint density at radius 1 is 1.22 bits per heavy atom. The lowest BCUT2D eigenvalue weighted by Crippen LogP contribution is -2.48. The van der Waals surface area contributed by atoms with Gasteiger partial charge in [-0.05, 0) is 40.2 Å². The molecule has 32 heavy (non-hydrogen) atoms. The first-order chi connectivity index (χ1) is 15.4. The molecule has 3 aromatic rings. The molecule has 8 nitrogen and oxygen atoms in total. The fraction of sp³-hybridized carbons (Fsp3) is 0.318. The van der Waals surface area contributed by atoms with E-state index in [4.69, 9.17) is 4.74 Å². The van der Waals surface area contributed by atoms with Gasteiger partial charge in [-0.2, -0.15) is 8.78 Å². The Hall–Kier alpha value is -3.53. The monoisotopic (exact) mass is 444 g/mol. The highest BCUT2D eigenvalue weighted by Gasteiger charge is 2.33. The van der Waals surface area contributed by atoms with Gasteiger partial charge >= 0.3 is 18.4 Å². The number of halogens is 2. The second-order valence-electron chi connectivity index (χ2n) is 7.44. The highest BCUT2D eigenvalue weighted by molar-refractivity contribution is 5.64. The maximum absolute atomic E-state index is 12.3. The Balaban J connectivity index is 1.38. The number of alkyl halides is 2. The zero-order chi connectivity index (χ0) is 22.7. The van der Waals surface area contributed by atoms with E-state index in [9.17, 15) is 18.9 Å². The number of hydrogen-bond donors (Lipinski definition) is 1. The topological polar surface area (TPSA) is 91.5 Å². The Morgan fingerprint density at radius 3 is 2.47 bits per heavy atom. The molecule has 1 N–H and O–H groups in total. The first-order valence-electron chi connectivity index (χ1n) is 10.2. The third kappa shape index (κ3) is 4.86. The van der Waals surface area contributed by atoms with Crippen LogP contribution >= 0.6 is 0 Å². The summed E-state index contributed by atoms with van der Waals surface area (Å²) in [6.45, 7) is 0.279. The number of hydrogen-bond acceptors (Lipinski definition) is 6. The molecule has 2 aromatic carbocycles. The minimum Gasteiger partial charge on any atom is -0.441 e. The quantitative estimate of drug-likeness (QED) is 0.409. The molecule has 0 radical (unpaired) electrons. The predicted octanol–water partition coefficient (Wildman–Crippen LogP) is 4.39. The molecular weight excluding hydrogens is 422 g/mol. The van der Waals surface area contributed by atoms with Crippen LogP contribution < -0.4 is 14.8 Å². The Kier molecular flexibility index (Phi) is 6.31. The average Bonchev–Trinajstić information content (AvgIpc) is 3.21. The highest BCUT2D eigenvalue weighted by atomic mass is 19.3. The van der Waals surface area contributed by atoms with Crippen LogP contribution in [0.2, 0.25) is 0 Å². The summed E-state index contributed by atoms with van der Waals surface area (Å²) in [5, 5.41) is 14.4. The standard InChI is InChI=1S/C22H22F2N4O4/c1-2-19-18(12-27-13-20(28(29)30)26-22(27)32-19)25-11-14-3-5-15(6-4-14)16-7-9-17(10-8-16)31-21(23)24/h3-10,13,18-19,21,25H,2,11-12H2,1H3/t18-,19+/m0/s1. The molecule has 0 saturated heterocycles. The normalized spacial score (nSPS) is 17.6. The van der Waals surface area contributed by atoms with Gasteiger partial charge in [-0.1, -0.05) is 43.3 Å². The number of imidazole rings is 1. The SMILES string of the molecule is CC[C@H]1Oc2nc([N+](=O)[O-])cn2C[C@@H]1NCc1ccc(-c2ccc(OC(F)F)cc2)cc1. The van der Waals surface area contributed by atoms with Crippen molar-refractivity contribution >= 4 is 5.82 Å². The molecule has 0 bridgehead atoms. The summed E-state index contributed by atoms with van der Waals surface area (Å²) in [5.74, 6) is -0.101. The second-order valence-corrected chi connectivity index (χ2v) is 7.44. The van der Waals surface area contributed by atoms with Gasteiger partial charge in [0.1, 0.15) is 18.1 Å². The average molecular weight is 444 g/mol. The van der Waals surface area contributed by atoms with Gasteiger partial charge in [-0.25, -0.2) is 0 Å². The van der Waals surface area contributed by atoms with Crippen molar-refractivity contribution in [2.24, 2.45) is 0 Å². The first-order valence-corrected chi connectivity index (χ1v) is 10.2. The van der Waals surface area contributed by atoms with E-state index in [0.717, 1.165) is 23.1 Å². The summed E-state index contributed by atoms with van der Waals surface area (Å²) in [7, 11) is 0. The van der Waals surface area contributed by atoms with Crippen molar-refractivity contribution in [1.29, 1.82) is 0 Å². The van der Waals surface area contributed by atoms with Gasteiger partial charge in [0.2, 0.25) is 0 Å². The molecule has 2 heterocycles. The molecule has 10 heteroatoms. The van der Waals surface area contributed by atoms with Gasteiger partial charge in [0.25, 0.3) is 0 Å². The predicted molar refractivity (Wildman–Crippen MR) is 113 cm³/mol. The van der Waals surface area contributed by atoms with E-state index in [1.807, 2.05) is 31.2 Å². The zero-order valence-corrected chi connectivity index (χ0v) is 17.3. The molecule has 0 fully saturated rings. The summed E-state index contributed by atoms with van der Waals surface area (Å²) in [6.07, 6.45) is 1.99. The maximum atomic E-state index is 12.3. The molecule has 1 aliphatic rings. The number of nitro groups is 1. The molecule has 0 amide bonds. The van der Waals surface area contributed by atoms with Crippen LogP contribution in [0.15, 0.2) is 54.7 Å². The number of fused-ring (bicyclic) bond motifs is 1. The summed E-state index contributed by atoms with van der Waals surface area (Å²) in [6, 6.07) is 14.7. The fourth-order valence-corrected chi connectivity index (χ4v) is 3.70. The zero-order valence-electron chi connectivity index (χ0n) is 17.3. The lowest BCUT2D eigenvalue weighted by atomic mass is 10.0. The summed E-state index contributed by atoms with van der Waals surface area (Å²) in [4.78, 5) is 14.4.